The van der Waals surface area contributed by atoms with Crippen molar-refractivity contribution in [3.63, 3.8) is 0 Å². The van der Waals surface area contributed by atoms with Crippen LogP contribution in [0, 0.1) is 0 Å². The number of hydrazine groups is 1. The van der Waals surface area contributed by atoms with E-state index in [1.54, 1.807) is 0 Å². The molecule has 2 aromatic rings. The summed E-state index contributed by atoms with van der Waals surface area (Å²) in [6.07, 6.45) is -9.67. The van der Waals surface area contributed by atoms with Crippen molar-refractivity contribution in [1.29, 1.82) is 0 Å². The monoisotopic (exact) mass is 392 g/mol. The standard InChI is InChI=1S/C16H10F6N2O3/c17-15(18,19)12-4-2-1-3-11(12)14(26)24-23-13(25)9-5-7-10(8-6-9)27-16(20,21)22/h1-8H,(H,23,25)(H,24,26). The quantitative estimate of drug-likeness (QED) is 0.619. The zero-order valence-corrected chi connectivity index (χ0v) is 13.1. The summed E-state index contributed by atoms with van der Waals surface area (Å²) in [6.45, 7) is 0. The number of rotatable bonds is 3. The fraction of sp³-hybridized carbons (Fsp3) is 0.125. The summed E-state index contributed by atoms with van der Waals surface area (Å²) in [5, 5.41) is 0. The first-order valence-corrected chi connectivity index (χ1v) is 7.10. The predicted octanol–water partition coefficient (Wildman–Crippen LogP) is 3.68. The number of alkyl halides is 6. The van der Waals surface area contributed by atoms with Gasteiger partial charge in [0.2, 0.25) is 0 Å². The Morgan fingerprint density at radius 1 is 0.778 bits per heavy atom. The molecular formula is C16H10F6N2O3. The zero-order chi connectivity index (χ0) is 20.2. The van der Waals surface area contributed by atoms with Gasteiger partial charge in [-0.05, 0) is 36.4 Å². The van der Waals surface area contributed by atoms with Crippen LogP contribution in [0.2, 0.25) is 0 Å². The molecule has 2 N–H and O–H groups in total. The van der Waals surface area contributed by atoms with Crippen molar-refractivity contribution in [2.75, 3.05) is 0 Å². The molecule has 0 atom stereocenters. The van der Waals surface area contributed by atoms with Crippen molar-refractivity contribution in [1.82, 2.24) is 10.9 Å². The number of benzene rings is 2. The van der Waals surface area contributed by atoms with Crippen LogP contribution in [-0.2, 0) is 6.18 Å². The molecule has 27 heavy (non-hydrogen) atoms. The van der Waals surface area contributed by atoms with Crippen molar-refractivity contribution in [3.05, 3.63) is 65.2 Å². The van der Waals surface area contributed by atoms with E-state index in [9.17, 15) is 35.9 Å². The van der Waals surface area contributed by atoms with Gasteiger partial charge in [-0.2, -0.15) is 13.2 Å². The zero-order valence-electron chi connectivity index (χ0n) is 13.1. The first-order chi connectivity index (χ1) is 12.5. The van der Waals surface area contributed by atoms with Crippen LogP contribution in [0.5, 0.6) is 5.75 Å². The molecule has 11 heteroatoms. The Morgan fingerprint density at radius 2 is 1.33 bits per heavy atom. The minimum Gasteiger partial charge on any atom is -0.406 e. The highest BCUT2D eigenvalue weighted by atomic mass is 19.4. The minimum atomic E-state index is -4.90. The maximum atomic E-state index is 12.9. The van der Waals surface area contributed by atoms with Crippen LogP contribution in [0.3, 0.4) is 0 Å². The predicted molar refractivity (Wildman–Crippen MR) is 79.5 cm³/mol. The topological polar surface area (TPSA) is 67.4 Å². The molecule has 0 saturated carbocycles. The van der Waals surface area contributed by atoms with Gasteiger partial charge in [-0.3, -0.25) is 20.4 Å². The van der Waals surface area contributed by atoms with Gasteiger partial charge in [0.15, 0.2) is 0 Å². The van der Waals surface area contributed by atoms with E-state index in [-0.39, 0.29) is 5.56 Å². The molecule has 0 unspecified atom stereocenters. The molecule has 5 nitrogen and oxygen atoms in total. The number of amides is 2. The molecule has 0 bridgehead atoms. The molecule has 0 aromatic heterocycles. The summed E-state index contributed by atoms with van der Waals surface area (Å²) in [5.74, 6) is -2.73. The minimum absolute atomic E-state index is 0.158. The third kappa shape index (κ3) is 5.62. The Kier molecular flexibility index (Phi) is 5.62. The van der Waals surface area contributed by atoms with Crippen LogP contribution < -0.4 is 15.6 Å². The first kappa shape index (κ1) is 20.1. The fourth-order valence-corrected chi connectivity index (χ4v) is 1.99. The number of hydrogen-bond donors (Lipinski definition) is 2. The van der Waals surface area contributed by atoms with Crippen LogP contribution >= 0.6 is 0 Å². The molecule has 2 amide bonds. The van der Waals surface area contributed by atoms with Crippen LogP contribution in [0.4, 0.5) is 26.3 Å². The Labute approximate surface area is 147 Å². The van der Waals surface area contributed by atoms with Gasteiger partial charge in [-0.1, -0.05) is 12.1 Å². The lowest BCUT2D eigenvalue weighted by atomic mass is 10.1. The first-order valence-electron chi connectivity index (χ1n) is 7.10. The molecule has 2 rings (SSSR count). The molecule has 0 heterocycles. The maximum Gasteiger partial charge on any atom is 0.573 e. The SMILES string of the molecule is O=C(NNC(=O)c1ccccc1C(F)(F)F)c1ccc(OC(F)(F)F)cc1. The summed E-state index contributed by atoms with van der Waals surface area (Å²) in [6, 6.07) is 7.63. The summed E-state index contributed by atoms with van der Waals surface area (Å²) >= 11 is 0. The Hall–Kier alpha value is -3.24. The van der Waals surface area contributed by atoms with E-state index < -0.39 is 41.2 Å². The van der Waals surface area contributed by atoms with E-state index in [0.29, 0.717) is 6.07 Å². The molecule has 144 valence electrons. The van der Waals surface area contributed by atoms with Gasteiger partial charge < -0.3 is 4.74 Å². The number of ether oxygens (including phenoxy) is 1. The molecule has 0 saturated heterocycles. The second kappa shape index (κ2) is 7.56. The second-order valence-corrected chi connectivity index (χ2v) is 5.02. The van der Waals surface area contributed by atoms with E-state index in [0.717, 1.165) is 36.4 Å². The number of nitrogens with one attached hydrogen (secondary N) is 2. The third-order valence-electron chi connectivity index (χ3n) is 3.12. The van der Waals surface area contributed by atoms with Crippen LogP contribution in [0.15, 0.2) is 48.5 Å². The summed E-state index contributed by atoms with van der Waals surface area (Å²) < 4.78 is 78.4. The highest BCUT2D eigenvalue weighted by Gasteiger charge is 2.35. The van der Waals surface area contributed by atoms with Gasteiger partial charge in [0.05, 0.1) is 11.1 Å². The largest absolute Gasteiger partial charge is 0.573 e. The van der Waals surface area contributed by atoms with Crippen molar-refractivity contribution >= 4 is 11.8 Å². The molecule has 0 aliphatic carbocycles. The lowest BCUT2D eigenvalue weighted by molar-refractivity contribution is -0.274. The molecule has 0 spiro atoms. The molecule has 0 fully saturated rings. The smallest absolute Gasteiger partial charge is 0.406 e. The van der Waals surface area contributed by atoms with Crippen molar-refractivity contribution < 1.29 is 40.7 Å². The molecule has 0 aliphatic rings. The van der Waals surface area contributed by atoms with E-state index in [2.05, 4.69) is 4.74 Å². The lowest BCUT2D eigenvalue weighted by Gasteiger charge is -2.13. The Balaban J connectivity index is 2.03. The highest BCUT2D eigenvalue weighted by molar-refractivity contribution is 5.99. The van der Waals surface area contributed by atoms with E-state index in [1.807, 2.05) is 10.9 Å². The summed E-state index contributed by atoms with van der Waals surface area (Å²) in [5.41, 5.74) is 1.63. The number of carbonyl (C=O) groups is 2. The van der Waals surface area contributed by atoms with Crippen LogP contribution in [0.25, 0.3) is 0 Å². The number of carbonyl (C=O) groups excluding carboxylic acids is 2. The highest BCUT2D eigenvalue weighted by Crippen LogP contribution is 2.31. The van der Waals surface area contributed by atoms with E-state index >= 15 is 0 Å². The van der Waals surface area contributed by atoms with Crippen LogP contribution in [-0.4, -0.2) is 18.2 Å². The van der Waals surface area contributed by atoms with Gasteiger partial charge in [0.25, 0.3) is 11.8 Å². The number of halogens is 6. The van der Waals surface area contributed by atoms with Gasteiger partial charge >= 0.3 is 12.5 Å². The average molecular weight is 392 g/mol. The Bertz CT molecular complexity index is 831. The van der Waals surface area contributed by atoms with E-state index in [4.69, 9.17) is 0 Å². The number of hydrogen-bond acceptors (Lipinski definition) is 3. The second-order valence-electron chi connectivity index (χ2n) is 5.02. The average Bonchev–Trinajstić information content (AvgIpc) is 2.58. The van der Waals surface area contributed by atoms with Gasteiger partial charge in [-0.15, -0.1) is 13.2 Å². The Morgan fingerprint density at radius 3 is 1.89 bits per heavy atom. The van der Waals surface area contributed by atoms with Crippen molar-refractivity contribution in [3.8, 4) is 5.75 Å². The molecular weight excluding hydrogens is 382 g/mol. The third-order valence-corrected chi connectivity index (χ3v) is 3.12. The van der Waals surface area contributed by atoms with Crippen LogP contribution in [0.1, 0.15) is 26.3 Å². The van der Waals surface area contributed by atoms with Gasteiger partial charge in [-0.25, -0.2) is 0 Å². The van der Waals surface area contributed by atoms with E-state index in [1.165, 1.54) is 6.07 Å². The molecule has 2 aromatic carbocycles. The summed E-state index contributed by atoms with van der Waals surface area (Å²) in [4.78, 5) is 23.7. The molecule has 0 aliphatic heterocycles. The molecule has 0 radical (unpaired) electrons. The summed E-state index contributed by atoms with van der Waals surface area (Å²) in [7, 11) is 0. The van der Waals surface area contributed by atoms with Crippen molar-refractivity contribution in [2.45, 2.75) is 12.5 Å². The van der Waals surface area contributed by atoms with Gasteiger partial charge in [0.1, 0.15) is 5.75 Å². The lowest BCUT2D eigenvalue weighted by Crippen LogP contribution is -2.42. The fourth-order valence-electron chi connectivity index (χ4n) is 1.99. The van der Waals surface area contributed by atoms with Gasteiger partial charge in [0, 0.05) is 5.56 Å². The normalized spacial score (nSPS) is 11.6. The maximum absolute atomic E-state index is 12.9. The van der Waals surface area contributed by atoms with Crippen molar-refractivity contribution in [2.24, 2.45) is 0 Å².